The second kappa shape index (κ2) is 16.3. The van der Waals surface area contributed by atoms with E-state index in [-0.39, 0.29) is 30.0 Å². The third-order valence-corrected chi connectivity index (χ3v) is 7.81. The van der Waals surface area contributed by atoms with Crippen LogP contribution in [0.4, 0.5) is 22.4 Å². The molecule has 2 amide bonds. The predicted molar refractivity (Wildman–Crippen MR) is 182 cm³/mol. The van der Waals surface area contributed by atoms with Gasteiger partial charge in [0, 0.05) is 31.4 Å². The molecule has 0 aliphatic carbocycles. The molecule has 48 heavy (non-hydrogen) atoms. The van der Waals surface area contributed by atoms with Gasteiger partial charge >= 0.3 is 12.1 Å². The van der Waals surface area contributed by atoms with Crippen molar-refractivity contribution in [2.24, 2.45) is 0 Å². The minimum Gasteiger partial charge on any atom is -0.494 e. The summed E-state index contributed by atoms with van der Waals surface area (Å²) in [5.74, 6) is 1.60. The first-order valence-corrected chi connectivity index (χ1v) is 16.8. The SMILES string of the molecule is CCOc1nc2nc(n1)Nc1ccc(C(=O)NCC3CCCN3C(=O)OC(C)(C)C)c(c1)OCCCCCCOc1ccc(cc1)CN2. The van der Waals surface area contributed by atoms with Gasteiger partial charge in [0.2, 0.25) is 11.9 Å². The van der Waals surface area contributed by atoms with Crippen molar-refractivity contribution in [2.75, 3.05) is 43.5 Å². The van der Waals surface area contributed by atoms with Gasteiger partial charge in [0.1, 0.15) is 17.1 Å². The number of fused-ring (bicyclic) bond motifs is 10. The van der Waals surface area contributed by atoms with Gasteiger partial charge in [-0.25, -0.2) is 4.79 Å². The van der Waals surface area contributed by atoms with E-state index in [0.717, 1.165) is 49.8 Å². The molecule has 13 nitrogen and oxygen atoms in total. The summed E-state index contributed by atoms with van der Waals surface area (Å²) in [6.07, 6.45) is 4.99. The maximum absolute atomic E-state index is 13.5. The average Bonchev–Trinajstić information content (AvgIpc) is 3.53. The summed E-state index contributed by atoms with van der Waals surface area (Å²) in [4.78, 5) is 41.4. The van der Waals surface area contributed by atoms with Crippen LogP contribution in [0.15, 0.2) is 42.5 Å². The van der Waals surface area contributed by atoms with Gasteiger partial charge in [0.25, 0.3) is 5.91 Å². The highest BCUT2D eigenvalue weighted by Gasteiger charge is 2.32. The lowest BCUT2D eigenvalue weighted by atomic mass is 10.1. The fraction of sp³-hybridized carbons (Fsp3) is 0.514. The normalized spacial score (nSPS) is 17.1. The van der Waals surface area contributed by atoms with Gasteiger partial charge in [-0.15, -0.1) is 0 Å². The van der Waals surface area contributed by atoms with Crippen molar-refractivity contribution in [1.82, 2.24) is 25.2 Å². The Kier molecular flexibility index (Phi) is 11.8. The van der Waals surface area contributed by atoms with Crippen LogP contribution in [0.25, 0.3) is 0 Å². The van der Waals surface area contributed by atoms with E-state index < -0.39 is 5.60 Å². The quantitative estimate of drug-likeness (QED) is 0.292. The number of nitrogens with one attached hydrogen (secondary N) is 3. The number of anilines is 3. The molecule has 0 saturated carbocycles. The van der Waals surface area contributed by atoms with Crippen molar-refractivity contribution >= 4 is 29.6 Å². The molecule has 3 aliphatic rings. The molecular formula is C35H47N7O6. The molecular weight excluding hydrogens is 614 g/mol. The monoisotopic (exact) mass is 661 g/mol. The van der Waals surface area contributed by atoms with E-state index >= 15 is 0 Å². The van der Waals surface area contributed by atoms with Crippen LogP contribution in [0.5, 0.6) is 17.5 Å². The second-order valence-electron chi connectivity index (χ2n) is 12.8. The number of ether oxygens (including phenoxy) is 4. The molecule has 2 aromatic carbocycles. The smallest absolute Gasteiger partial charge is 0.410 e. The van der Waals surface area contributed by atoms with Gasteiger partial charge in [-0.2, -0.15) is 15.0 Å². The Morgan fingerprint density at radius 1 is 0.958 bits per heavy atom. The maximum atomic E-state index is 13.5. The third-order valence-electron chi connectivity index (χ3n) is 7.81. The van der Waals surface area contributed by atoms with Crippen molar-refractivity contribution in [1.29, 1.82) is 0 Å². The van der Waals surface area contributed by atoms with E-state index in [2.05, 4.69) is 30.9 Å². The molecule has 0 radical (unpaired) electrons. The predicted octanol–water partition coefficient (Wildman–Crippen LogP) is 6.09. The summed E-state index contributed by atoms with van der Waals surface area (Å²) in [6, 6.07) is 13.2. The molecule has 1 unspecified atom stereocenters. The summed E-state index contributed by atoms with van der Waals surface area (Å²) >= 11 is 0. The van der Waals surface area contributed by atoms with Gasteiger partial charge in [-0.3, -0.25) is 4.79 Å². The first kappa shape index (κ1) is 34.5. The molecule has 13 heteroatoms. The standard InChI is InChI=1S/C35H47N7O6/c1-5-45-33-40-31-37-22-24-12-15-27(16-13-24)46-19-8-6-7-9-20-47-29-21-25(38-32(39-31)41-33)14-17-28(29)30(43)36-23-26-11-10-18-42(26)34(44)48-35(2,3)4/h12-17,21,26H,5-11,18-20,22-23H2,1-4H3,(H,36,43)(H2,37,38,39,40,41). The van der Waals surface area contributed by atoms with Crippen molar-refractivity contribution in [3.05, 3.63) is 53.6 Å². The van der Waals surface area contributed by atoms with Gasteiger partial charge in [-0.05, 0) is 96.0 Å². The van der Waals surface area contributed by atoms with E-state index in [4.69, 9.17) is 18.9 Å². The summed E-state index contributed by atoms with van der Waals surface area (Å²) in [5, 5.41) is 9.49. The van der Waals surface area contributed by atoms with Crippen molar-refractivity contribution in [2.45, 2.75) is 84.4 Å². The first-order valence-electron chi connectivity index (χ1n) is 16.8. The molecule has 1 atom stereocenters. The average molecular weight is 662 g/mol. The van der Waals surface area contributed by atoms with E-state index in [1.807, 2.05) is 52.0 Å². The van der Waals surface area contributed by atoms with Gasteiger partial charge in [0.15, 0.2) is 0 Å². The van der Waals surface area contributed by atoms with Crippen LogP contribution in [0.2, 0.25) is 0 Å². The largest absolute Gasteiger partial charge is 0.494 e. The molecule has 4 heterocycles. The highest BCUT2D eigenvalue weighted by atomic mass is 16.6. The molecule has 3 N–H and O–H groups in total. The van der Waals surface area contributed by atoms with Crippen LogP contribution in [0, 0.1) is 0 Å². The van der Waals surface area contributed by atoms with Crippen molar-refractivity contribution in [3.63, 3.8) is 0 Å². The van der Waals surface area contributed by atoms with Crippen LogP contribution in [0.1, 0.15) is 82.1 Å². The summed E-state index contributed by atoms with van der Waals surface area (Å²) in [6.45, 7) is 10.3. The number of likely N-dealkylation sites (tertiary alicyclic amines) is 1. The number of carbonyl (C=O) groups excluding carboxylic acids is 2. The highest BCUT2D eigenvalue weighted by molar-refractivity contribution is 5.97. The second-order valence-corrected chi connectivity index (χ2v) is 12.8. The molecule has 6 bridgehead atoms. The van der Waals surface area contributed by atoms with Crippen molar-refractivity contribution in [3.8, 4) is 17.5 Å². The molecule has 1 saturated heterocycles. The number of aromatic nitrogens is 3. The van der Waals surface area contributed by atoms with E-state index in [1.165, 1.54) is 0 Å². The number of benzene rings is 2. The van der Waals surface area contributed by atoms with Crippen LogP contribution in [-0.4, -0.2) is 76.4 Å². The Balaban J connectivity index is 1.33. The lowest BCUT2D eigenvalue weighted by Crippen LogP contribution is -2.45. The Bertz CT molecular complexity index is 1530. The fourth-order valence-electron chi connectivity index (χ4n) is 5.45. The number of nitrogens with zero attached hydrogens (tertiary/aromatic N) is 4. The minimum absolute atomic E-state index is 0.146. The zero-order valence-corrected chi connectivity index (χ0v) is 28.3. The number of hydrogen-bond acceptors (Lipinski definition) is 11. The summed E-state index contributed by atoms with van der Waals surface area (Å²) < 4.78 is 23.3. The van der Waals surface area contributed by atoms with E-state index in [9.17, 15) is 9.59 Å². The fourth-order valence-corrected chi connectivity index (χ4v) is 5.45. The molecule has 1 fully saturated rings. The number of amides is 2. The van der Waals surface area contributed by atoms with E-state index in [1.54, 1.807) is 23.1 Å². The zero-order chi connectivity index (χ0) is 33.9. The van der Waals surface area contributed by atoms with Crippen LogP contribution < -0.4 is 30.2 Å². The van der Waals surface area contributed by atoms with Gasteiger partial charge in [-0.1, -0.05) is 12.1 Å². The van der Waals surface area contributed by atoms with Crippen LogP contribution >= 0.6 is 0 Å². The molecule has 1 aromatic heterocycles. The first-order chi connectivity index (χ1) is 23.2. The third kappa shape index (κ3) is 10.1. The Morgan fingerprint density at radius 2 is 1.71 bits per heavy atom. The highest BCUT2D eigenvalue weighted by Crippen LogP contribution is 2.27. The minimum atomic E-state index is -0.590. The topological polar surface area (TPSA) is 149 Å². The molecule has 258 valence electrons. The van der Waals surface area contributed by atoms with E-state index in [0.29, 0.717) is 62.4 Å². The molecule has 3 aromatic rings. The number of rotatable bonds is 5. The molecule has 3 aliphatic heterocycles. The van der Waals surface area contributed by atoms with Crippen LogP contribution in [-0.2, 0) is 11.3 Å². The van der Waals surface area contributed by atoms with Crippen molar-refractivity contribution < 1.29 is 28.5 Å². The Hall–Kier alpha value is -4.81. The maximum Gasteiger partial charge on any atom is 0.410 e. The Morgan fingerprint density at radius 3 is 2.46 bits per heavy atom. The van der Waals surface area contributed by atoms with Crippen LogP contribution in [0.3, 0.4) is 0 Å². The summed E-state index contributed by atoms with van der Waals surface area (Å²) in [5.41, 5.74) is 1.48. The lowest BCUT2D eigenvalue weighted by molar-refractivity contribution is 0.0225. The Labute approximate surface area is 282 Å². The number of carbonyl (C=O) groups is 2. The molecule has 6 rings (SSSR count). The zero-order valence-electron chi connectivity index (χ0n) is 28.3. The number of hydrogen-bond donors (Lipinski definition) is 3. The van der Waals surface area contributed by atoms with Gasteiger partial charge < -0.3 is 39.8 Å². The summed E-state index contributed by atoms with van der Waals surface area (Å²) in [7, 11) is 0. The lowest BCUT2D eigenvalue weighted by Gasteiger charge is -2.28. The molecule has 0 spiro atoms. The van der Waals surface area contributed by atoms with Gasteiger partial charge in [0.05, 0.1) is 31.4 Å².